The number of piperidine rings is 1. The number of rotatable bonds is 7. The molecular weight excluding hydrogens is 396 g/mol. The maximum atomic E-state index is 12.8. The van der Waals surface area contributed by atoms with Crippen LogP contribution >= 0.6 is 11.6 Å². The van der Waals surface area contributed by atoms with Gasteiger partial charge in [-0.1, -0.05) is 18.0 Å². The zero-order chi connectivity index (χ0) is 20.0. The average Bonchev–Trinajstić information content (AvgIpc) is 2.64. The van der Waals surface area contributed by atoms with Gasteiger partial charge in [0.1, 0.15) is 6.61 Å². The maximum absolute atomic E-state index is 12.8. The number of nitrogens with one attached hydrogen (secondary N) is 1. The third-order valence-electron chi connectivity index (χ3n) is 4.09. The summed E-state index contributed by atoms with van der Waals surface area (Å²) >= 11 is 6.09. The van der Waals surface area contributed by atoms with Crippen molar-refractivity contribution in [2.75, 3.05) is 32.1 Å². The molecule has 1 atom stereocenters. The molecular formula is C17H23ClN2O6S. The Kier molecular flexibility index (Phi) is 7.60. The summed E-state index contributed by atoms with van der Waals surface area (Å²) in [6, 6.07) is 4.13. The number of benzene rings is 1. The van der Waals surface area contributed by atoms with Crippen LogP contribution in [0.1, 0.15) is 26.2 Å². The van der Waals surface area contributed by atoms with Gasteiger partial charge >= 0.3 is 5.97 Å². The van der Waals surface area contributed by atoms with Gasteiger partial charge in [-0.25, -0.2) is 13.2 Å². The Morgan fingerprint density at radius 2 is 1.93 bits per heavy atom. The van der Waals surface area contributed by atoms with E-state index in [0.717, 1.165) is 19.3 Å². The lowest BCUT2D eigenvalue weighted by Gasteiger charge is -2.26. The van der Waals surface area contributed by atoms with Gasteiger partial charge in [0.05, 0.1) is 15.6 Å². The SMILES string of the molecule is COCC(=O)O[C@H](C)C(=O)Nc1cc(S(=O)(=O)N2CCCCC2)ccc1Cl. The number of halogens is 1. The molecule has 150 valence electrons. The summed E-state index contributed by atoms with van der Waals surface area (Å²) < 4.78 is 36.5. The number of amides is 1. The van der Waals surface area contributed by atoms with Gasteiger partial charge in [0.15, 0.2) is 6.10 Å². The van der Waals surface area contributed by atoms with E-state index in [1.54, 1.807) is 0 Å². The topological polar surface area (TPSA) is 102 Å². The van der Waals surface area contributed by atoms with Crippen LogP contribution < -0.4 is 5.32 Å². The van der Waals surface area contributed by atoms with Crippen LogP contribution in [0.2, 0.25) is 5.02 Å². The maximum Gasteiger partial charge on any atom is 0.332 e. The minimum absolute atomic E-state index is 0.0492. The van der Waals surface area contributed by atoms with E-state index in [9.17, 15) is 18.0 Å². The van der Waals surface area contributed by atoms with Crippen LogP contribution in [0.25, 0.3) is 0 Å². The van der Waals surface area contributed by atoms with Crippen LogP contribution in [-0.4, -0.2) is 57.5 Å². The fourth-order valence-corrected chi connectivity index (χ4v) is 4.36. The Morgan fingerprint density at radius 3 is 2.56 bits per heavy atom. The molecule has 1 aliphatic rings. The number of carbonyl (C=O) groups excluding carboxylic acids is 2. The molecule has 0 saturated carbocycles. The predicted octanol–water partition coefficient (Wildman–Crippen LogP) is 2.03. The molecule has 0 unspecified atom stereocenters. The van der Waals surface area contributed by atoms with Gasteiger partial charge in [0.25, 0.3) is 5.91 Å². The van der Waals surface area contributed by atoms with E-state index in [1.165, 1.54) is 36.5 Å². The van der Waals surface area contributed by atoms with Crippen molar-refractivity contribution in [3.05, 3.63) is 23.2 Å². The second-order valence-electron chi connectivity index (χ2n) is 6.16. The van der Waals surface area contributed by atoms with Gasteiger partial charge in [-0.3, -0.25) is 4.79 Å². The highest BCUT2D eigenvalue weighted by molar-refractivity contribution is 7.89. The Labute approximate surface area is 163 Å². The Morgan fingerprint density at radius 1 is 1.26 bits per heavy atom. The molecule has 2 rings (SSSR count). The Bertz CT molecular complexity index is 793. The van der Waals surface area contributed by atoms with E-state index < -0.39 is 28.0 Å². The molecule has 1 fully saturated rings. The van der Waals surface area contributed by atoms with Crippen molar-refractivity contribution in [2.45, 2.75) is 37.2 Å². The first kappa shape index (κ1) is 21.6. The zero-order valence-electron chi connectivity index (χ0n) is 15.2. The summed E-state index contributed by atoms with van der Waals surface area (Å²) in [5.74, 6) is -1.32. The first-order valence-corrected chi connectivity index (χ1v) is 10.4. The summed E-state index contributed by atoms with van der Waals surface area (Å²) in [5, 5.41) is 2.68. The molecule has 1 amide bonds. The summed E-state index contributed by atoms with van der Waals surface area (Å²) in [6.07, 6.45) is 1.56. The van der Waals surface area contributed by atoms with E-state index in [4.69, 9.17) is 16.3 Å². The molecule has 27 heavy (non-hydrogen) atoms. The molecule has 1 aliphatic heterocycles. The lowest BCUT2D eigenvalue weighted by molar-refractivity contribution is -0.156. The molecule has 1 aromatic carbocycles. The fraction of sp³-hybridized carbons (Fsp3) is 0.529. The molecule has 0 radical (unpaired) electrons. The van der Waals surface area contributed by atoms with Crippen molar-refractivity contribution in [3.8, 4) is 0 Å². The van der Waals surface area contributed by atoms with Crippen molar-refractivity contribution in [2.24, 2.45) is 0 Å². The number of carbonyl (C=O) groups is 2. The predicted molar refractivity (Wildman–Crippen MR) is 100 cm³/mol. The number of hydrogen-bond acceptors (Lipinski definition) is 6. The van der Waals surface area contributed by atoms with E-state index in [2.05, 4.69) is 10.1 Å². The van der Waals surface area contributed by atoms with E-state index >= 15 is 0 Å². The number of ether oxygens (including phenoxy) is 2. The minimum Gasteiger partial charge on any atom is -0.451 e. The quantitative estimate of drug-likeness (QED) is 0.680. The Hall–Kier alpha value is -1.68. The molecule has 10 heteroatoms. The first-order valence-electron chi connectivity index (χ1n) is 8.54. The number of nitrogens with zero attached hydrogens (tertiary/aromatic N) is 1. The second kappa shape index (κ2) is 9.50. The number of hydrogen-bond donors (Lipinski definition) is 1. The molecule has 1 N–H and O–H groups in total. The van der Waals surface area contributed by atoms with Crippen molar-refractivity contribution in [1.82, 2.24) is 4.31 Å². The lowest BCUT2D eigenvalue weighted by Crippen LogP contribution is -2.35. The summed E-state index contributed by atoms with van der Waals surface area (Å²) in [7, 11) is -2.33. The molecule has 1 saturated heterocycles. The Balaban J connectivity index is 2.15. The van der Waals surface area contributed by atoms with Crippen LogP contribution in [0.3, 0.4) is 0 Å². The van der Waals surface area contributed by atoms with Gasteiger partial charge in [0.2, 0.25) is 10.0 Å². The highest BCUT2D eigenvalue weighted by atomic mass is 35.5. The summed E-state index contributed by atoms with van der Waals surface area (Å²) in [6.45, 7) is 2.06. The largest absolute Gasteiger partial charge is 0.451 e. The van der Waals surface area contributed by atoms with Crippen molar-refractivity contribution in [3.63, 3.8) is 0 Å². The average molecular weight is 419 g/mol. The smallest absolute Gasteiger partial charge is 0.332 e. The summed E-state index contributed by atoms with van der Waals surface area (Å²) in [5.41, 5.74) is 0.134. The second-order valence-corrected chi connectivity index (χ2v) is 8.51. The van der Waals surface area contributed by atoms with Crippen LogP contribution in [0.5, 0.6) is 0 Å². The van der Waals surface area contributed by atoms with Crippen LogP contribution in [0.4, 0.5) is 5.69 Å². The molecule has 0 aliphatic carbocycles. The van der Waals surface area contributed by atoms with Crippen molar-refractivity contribution < 1.29 is 27.5 Å². The first-order chi connectivity index (χ1) is 12.8. The number of sulfonamides is 1. The van der Waals surface area contributed by atoms with Crippen molar-refractivity contribution in [1.29, 1.82) is 0 Å². The van der Waals surface area contributed by atoms with E-state index in [-0.39, 0.29) is 22.2 Å². The summed E-state index contributed by atoms with van der Waals surface area (Å²) in [4.78, 5) is 23.7. The highest BCUT2D eigenvalue weighted by Gasteiger charge is 2.27. The van der Waals surface area contributed by atoms with E-state index in [1.807, 2.05) is 0 Å². The highest BCUT2D eigenvalue weighted by Crippen LogP contribution is 2.28. The zero-order valence-corrected chi connectivity index (χ0v) is 16.8. The van der Waals surface area contributed by atoms with Gasteiger partial charge < -0.3 is 14.8 Å². The van der Waals surface area contributed by atoms with Gasteiger partial charge in [-0.15, -0.1) is 0 Å². The van der Waals surface area contributed by atoms with Gasteiger partial charge in [0, 0.05) is 20.2 Å². The molecule has 1 heterocycles. The van der Waals surface area contributed by atoms with Gasteiger partial charge in [-0.05, 0) is 38.0 Å². The molecule has 1 aromatic rings. The van der Waals surface area contributed by atoms with Crippen LogP contribution in [0, 0.1) is 0 Å². The molecule has 0 aromatic heterocycles. The fourth-order valence-electron chi connectivity index (χ4n) is 2.65. The minimum atomic E-state index is -3.66. The third kappa shape index (κ3) is 5.65. The number of methoxy groups -OCH3 is 1. The molecule has 0 bridgehead atoms. The normalized spacial score (nSPS) is 16.6. The van der Waals surface area contributed by atoms with E-state index in [0.29, 0.717) is 13.1 Å². The third-order valence-corrected chi connectivity index (χ3v) is 6.31. The number of anilines is 1. The molecule has 8 nitrogen and oxygen atoms in total. The lowest BCUT2D eigenvalue weighted by atomic mass is 10.2. The molecule has 0 spiro atoms. The number of esters is 1. The van der Waals surface area contributed by atoms with Crippen LogP contribution in [-0.2, 0) is 29.1 Å². The van der Waals surface area contributed by atoms with Crippen LogP contribution in [0.15, 0.2) is 23.1 Å². The standard InChI is InChI=1S/C17H23ClN2O6S/c1-12(26-16(21)11-25-2)17(22)19-15-10-13(6-7-14(15)18)27(23,24)20-8-4-3-5-9-20/h6-7,10,12H,3-5,8-9,11H2,1-2H3,(H,19,22)/t12-/m1/s1. The van der Waals surface area contributed by atoms with Gasteiger partial charge in [-0.2, -0.15) is 4.31 Å². The monoisotopic (exact) mass is 418 g/mol. The van der Waals surface area contributed by atoms with Crippen molar-refractivity contribution >= 4 is 39.2 Å².